The molecule has 2 aliphatic heterocycles. The third kappa shape index (κ3) is 3.01. The molecule has 116 valence electrons. The van der Waals surface area contributed by atoms with Gasteiger partial charge in [0.1, 0.15) is 0 Å². The van der Waals surface area contributed by atoms with E-state index in [1.165, 1.54) is 18.5 Å². The molecular formula is C17H26N2O2. The SMILES string of the molecule is CCN1CCC(CNC)C1c1ccc2c(c1)OCCCO2. The second-order valence-electron chi connectivity index (χ2n) is 5.94. The van der Waals surface area contributed by atoms with Crippen molar-refractivity contribution in [3.63, 3.8) is 0 Å². The summed E-state index contributed by atoms with van der Waals surface area (Å²) in [6, 6.07) is 6.98. The maximum atomic E-state index is 5.85. The highest BCUT2D eigenvalue weighted by Gasteiger charge is 2.34. The summed E-state index contributed by atoms with van der Waals surface area (Å²) in [6.07, 6.45) is 2.21. The van der Waals surface area contributed by atoms with E-state index in [4.69, 9.17) is 9.47 Å². The van der Waals surface area contributed by atoms with E-state index in [0.29, 0.717) is 12.0 Å². The van der Waals surface area contributed by atoms with Crippen molar-refractivity contribution in [1.29, 1.82) is 0 Å². The molecule has 1 N–H and O–H groups in total. The molecule has 2 aliphatic rings. The molecule has 1 fully saturated rings. The summed E-state index contributed by atoms with van der Waals surface area (Å²) >= 11 is 0. The number of ether oxygens (including phenoxy) is 2. The monoisotopic (exact) mass is 290 g/mol. The van der Waals surface area contributed by atoms with Gasteiger partial charge >= 0.3 is 0 Å². The predicted octanol–water partition coefficient (Wildman–Crippen LogP) is 2.45. The van der Waals surface area contributed by atoms with Gasteiger partial charge < -0.3 is 14.8 Å². The molecule has 0 aromatic heterocycles. The Morgan fingerprint density at radius 1 is 1.24 bits per heavy atom. The zero-order chi connectivity index (χ0) is 14.7. The third-order valence-electron chi connectivity index (χ3n) is 4.61. The largest absolute Gasteiger partial charge is 0.490 e. The number of benzene rings is 1. The summed E-state index contributed by atoms with van der Waals surface area (Å²) in [5.41, 5.74) is 1.36. The predicted molar refractivity (Wildman–Crippen MR) is 84.1 cm³/mol. The summed E-state index contributed by atoms with van der Waals surface area (Å²) in [6.45, 7) is 7.09. The molecule has 2 heterocycles. The van der Waals surface area contributed by atoms with Crippen LogP contribution < -0.4 is 14.8 Å². The molecule has 0 amide bonds. The topological polar surface area (TPSA) is 33.7 Å². The van der Waals surface area contributed by atoms with E-state index >= 15 is 0 Å². The zero-order valence-corrected chi connectivity index (χ0v) is 13.1. The molecule has 1 aromatic carbocycles. The van der Waals surface area contributed by atoms with Crippen LogP contribution in [0.4, 0.5) is 0 Å². The number of hydrogen-bond donors (Lipinski definition) is 1. The van der Waals surface area contributed by atoms with Crippen LogP contribution in [0, 0.1) is 5.92 Å². The van der Waals surface area contributed by atoms with Gasteiger partial charge in [-0.15, -0.1) is 0 Å². The first-order valence-electron chi connectivity index (χ1n) is 8.11. The Kier molecular flexibility index (Phi) is 4.66. The van der Waals surface area contributed by atoms with Gasteiger partial charge in [-0.05, 0) is 56.7 Å². The first-order valence-corrected chi connectivity index (χ1v) is 8.11. The number of nitrogens with one attached hydrogen (secondary N) is 1. The molecule has 0 bridgehead atoms. The summed E-state index contributed by atoms with van der Waals surface area (Å²) in [7, 11) is 2.04. The van der Waals surface area contributed by atoms with Crippen molar-refractivity contribution in [1.82, 2.24) is 10.2 Å². The first-order chi connectivity index (χ1) is 10.3. The van der Waals surface area contributed by atoms with E-state index in [9.17, 15) is 0 Å². The van der Waals surface area contributed by atoms with Crippen molar-refractivity contribution in [2.45, 2.75) is 25.8 Å². The molecule has 1 aromatic rings. The van der Waals surface area contributed by atoms with E-state index in [2.05, 4.69) is 35.3 Å². The van der Waals surface area contributed by atoms with Crippen molar-refractivity contribution in [3.05, 3.63) is 23.8 Å². The van der Waals surface area contributed by atoms with Gasteiger partial charge in [0.25, 0.3) is 0 Å². The number of likely N-dealkylation sites (tertiary alicyclic amines) is 1. The van der Waals surface area contributed by atoms with Crippen LogP contribution in [-0.2, 0) is 0 Å². The lowest BCUT2D eigenvalue weighted by atomic mass is 9.93. The Bertz CT molecular complexity index is 478. The Labute approximate surface area is 127 Å². The Balaban J connectivity index is 1.88. The van der Waals surface area contributed by atoms with E-state index in [1.54, 1.807) is 0 Å². The summed E-state index contributed by atoms with van der Waals surface area (Å²) in [4.78, 5) is 2.57. The summed E-state index contributed by atoms with van der Waals surface area (Å²) in [5.74, 6) is 2.47. The highest BCUT2D eigenvalue weighted by Crippen LogP contribution is 2.40. The molecule has 1 saturated heterocycles. The summed E-state index contributed by atoms with van der Waals surface area (Å²) in [5, 5.41) is 3.34. The minimum atomic E-state index is 0.486. The smallest absolute Gasteiger partial charge is 0.161 e. The fraction of sp³-hybridized carbons (Fsp3) is 0.647. The van der Waals surface area contributed by atoms with Crippen LogP contribution in [0.1, 0.15) is 31.4 Å². The Morgan fingerprint density at radius 3 is 2.81 bits per heavy atom. The maximum Gasteiger partial charge on any atom is 0.161 e. The van der Waals surface area contributed by atoms with Crippen molar-refractivity contribution in [3.8, 4) is 11.5 Å². The van der Waals surface area contributed by atoms with E-state index < -0.39 is 0 Å². The van der Waals surface area contributed by atoms with Crippen LogP contribution in [0.25, 0.3) is 0 Å². The lowest BCUT2D eigenvalue weighted by Crippen LogP contribution is -2.29. The molecule has 2 atom stereocenters. The molecule has 2 unspecified atom stereocenters. The average Bonchev–Trinajstić information content (AvgIpc) is 2.76. The highest BCUT2D eigenvalue weighted by atomic mass is 16.5. The number of rotatable bonds is 4. The number of hydrogen-bond acceptors (Lipinski definition) is 4. The van der Waals surface area contributed by atoms with Crippen LogP contribution in [0.15, 0.2) is 18.2 Å². The van der Waals surface area contributed by atoms with E-state index in [-0.39, 0.29) is 0 Å². The quantitative estimate of drug-likeness (QED) is 0.923. The normalized spacial score (nSPS) is 25.8. The van der Waals surface area contributed by atoms with Gasteiger partial charge in [0.15, 0.2) is 11.5 Å². The lowest BCUT2D eigenvalue weighted by Gasteiger charge is -2.28. The molecule has 0 spiro atoms. The molecule has 0 radical (unpaired) electrons. The third-order valence-corrected chi connectivity index (χ3v) is 4.61. The summed E-state index contributed by atoms with van der Waals surface area (Å²) < 4.78 is 11.6. The molecular weight excluding hydrogens is 264 g/mol. The maximum absolute atomic E-state index is 5.85. The van der Waals surface area contributed by atoms with Crippen LogP contribution in [-0.4, -0.2) is 44.8 Å². The van der Waals surface area contributed by atoms with Crippen molar-refractivity contribution < 1.29 is 9.47 Å². The van der Waals surface area contributed by atoms with Gasteiger partial charge in [-0.3, -0.25) is 4.90 Å². The Hall–Kier alpha value is -1.26. The standard InChI is InChI=1S/C17H26N2O2/c1-3-19-8-7-14(12-18-2)17(19)13-5-6-15-16(11-13)21-10-4-9-20-15/h5-6,11,14,17-18H,3-4,7-10,12H2,1-2H3. The van der Waals surface area contributed by atoms with Gasteiger partial charge in [-0.2, -0.15) is 0 Å². The van der Waals surface area contributed by atoms with Crippen molar-refractivity contribution in [2.24, 2.45) is 5.92 Å². The van der Waals surface area contributed by atoms with Crippen LogP contribution in [0.2, 0.25) is 0 Å². The second kappa shape index (κ2) is 6.67. The number of fused-ring (bicyclic) bond motifs is 1. The molecule has 3 rings (SSSR count). The van der Waals surface area contributed by atoms with Gasteiger partial charge in [0.05, 0.1) is 13.2 Å². The molecule has 4 heteroatoms. The van der Waals surface area contributed by atoms with E-state index in [0.717, 1.165) is 44.2 Å². The minimum Gasteiger partial charge on any atom is -0.490 e. The van der Waals surface area contributed by atoms with Gasteiger partial charge in [-0.25, -0.2) is 0 Å². The minimum absolute atomic E-state index is 0.486. The molecule has 21 heavy (non-hydrogen) atoms. The van der Waals surface area contributed by atoms with Crippen molar-refractivity contribution in [2.75, 3.05) is 39.9 Å². The first kappa shape index (κ1) is 14.7. The van der Waals surface area contributed by atoms with Gasteiger partial charge in [0.2, 0.25) is 0 Å². The molecule has 0 saturated carbocycles. The second-order valence-corrected chi connectivity index (χ2v) is 5.94. The highest BCUT2D eigenvalue weighted by molar-refractivity contribution is 5.44. The van der Waals surface area contributed by atoms with Gasteiger partial charge in [0, 0.05) is 12.5 Å². The fourth-order valence-electron chi connectivity index (χ4n) is 3.60. The Morgan fingerprint density at radius 2 is 2.05 bits per heavy atom. The van der Waals surface area contributed by atoms with Gasteiger partial charge in [-0.1, -0.05) is 13.0 Å². The molecule has 0 aliphatic carbocycles. The zero-order valence-electron chi connectivity index (χ0n) is 13.1. The van der Waals surface area contributed by atoms with Crippen LogP contribution in [0.5, 0.6) is 11.5 Å². The lowest BCUT2D eigenvalue weighted by molar-refractivity contribution is 0.237. The average molecular weight is 290 g/mol. The number of nitrogens with zero attached hydrogens (tertiary/aromatic N) is 1. The molecule has 4 nitrogen and oxygen atoms in total. The van der Waals surface area contributed by atoms with Crippen molar-refractivity contribution >= 4 is 0 Å². The van der Waals surface area contributed by atoms with E-state index in [1.807, 2.05) is 7.05 Å². The fourth-order valence-corrected chi connectivity index (χ4v) is 3.60. The van der Waals surface area contributed by atoms with Crippen LogP contribution >= 0.6 is 0 Å². The van der Waals surface area contributed by atoms with Crippen LogP contribution in [0.3, 0.4) is 0 Å².